The van der Waals surface area contributed by atoms with Gasteiger partial charge < -0.3 is 4.42 Å². The summed E-state index contributed by atoms with van der Waals surface area (Å²) in [5, 5.41) is 4.50. The molecule has 4 heteroatoms. The summed E-state index contributed by atoms with van der Waals surface area (Å²) in [6.45, 7) is 0. The SMILES string of the molecule is c1ccc(-c2nc(-c3ccc(-c4ccc(-c5cc6ccccc6cc5-c5ccccc5)cc4)cc3)nc(-c3cccc4oc5ccccc5c34)n2)cc1. The monoisotopic (exact) mass is 677 g/mol. The fourth-order valence-corrected chi connectivity index (χ4v) is 7.29. The Hall–Kier alpha value is -7.17. The Kier molecular flexibility index (Phi) is 7.43. The van der Waals surface area contributed by atoms with Crippen LogP contribution in [-0.4, -0.2) is 15.0 Å². The molecule has 0 amide bonds. The lowest BCUT2D eigenvalue weighted by Crippen LogP contribution is -2.00. The summed E-state index contributed by atoms with van der Waals surface area (Å²) in [5.41, 5.74) is 11.5. The van der Waals surface area contributed by atoms with Gasteiger partial charge in [0.2, 0.25) is 0 Å². The molecule has 0 aliphatic rings. The average molecular weight is 678 g/mol. The summed E-state index contributed by atoms with van der Waals surface area (Å²) >= 11 is 0. The summed E-state index contributed by atoms with van der Waals surface area (Å²) in [4.78, 5) is 15.1. The van der Waals surface area contributed by atoms with Crippen LogP contribution in [0.25, 0.3) is 100 Å². The Morgan fingerprint density at radius 2 is 0.755 bits per heavy atom. The molecule has 0 unspecified atom stereocenters. The molecule has 248 valence electrons. The number of furan rings is 1. The van der Waals surface area contributed by atoms with Crippen molar-refractivity contribution in [1.82, 2.24) is 15.0 Å². The van der Waals surface area contributed by atoms with E-state index in [-0.39, 0.29) is 0 Å². The van der Waals surface area contributed by atoms with Crippen molar-refractivity contribution < 1.29 is 4.42 Å². The molecule has 0 aliphatic heterocycles. The number of hydrogen-bond acceptors (Lipinski definition) is 4. The van der Waals surface area contributed by atoms with E-state index < -0.39 is 0 Å². The van der Waals surface area contributed by atoms with Crippen molar-refractivity contribution in [3.8, 4) is 67.5 Å². The maximum Gasteiger partial charge on any atom is 0.164 e. The first-order chi connectivity index (χ1) is 26.2. The highest BCUT2D eigenvalue weighted by Crippen LogP contribution is 2.38. The van der Waals surface area contributed by atoms with Crippen LogP contribution in [-0.2, 0) is 0 Å². The van der Waals surface area contributed by atoms with Crippen LogP contribution in [0.4, 0.5) is 0 Å². The first kappa shape index (κ1) is 30.6. The molecule has 0 atom stereocenters. The number of benzene rings is 8. The van der Waals surface area contributed by atoms with Gasteiger partial charge in [-0.3, -0.25) is 0 Å². The molecule has 0 saturated carbocycles. The Labute approximate surface area is 306 Å². The summed E-state index contributed by atoms with van der Waals surface area (Å²) < 4.78 is 6.20. The van der Waals surface area contributed by atoms with Gasteiger partial charge in [-0.1, -0.05) is 164 Å². The molecule has 10 aromatic rings. The number of rotatable bonds is 6. The van der Waals surface area contributed by atoms with E-state index in [1.54, 1.807) is 0 Å². The largest absolute Gasteiger partial charge is 0.456 e. The number of nitrogens with zero attached hydrogens (tertiary/aromatic N) is 3. The van der Waals surface area contributed by atoms with Crippen LogP contribution in [0.1, 0.15) is 0 Å². The first-order valence-corrected chi connectivity index (χ1v) is 17.8. The van der Waals surface area contributed by atoms with E-state index >= 15 is 0 Å². The van der Waals surface area contributed by atoms with Crippen molar-refractivity contribution in [2.24, 2.45) is 0 Å². The molecule has 0 radical (unpaired) electrons. The molecule has 2 heterocycles. The fraction of sp³-hybridized carbons (Fsp3) is 0. The van der Waals surface area contributed by atoms with E-state index in [2.05, 4.69) is 127 Å². The lowest BCUT2D eigenvalue weighted by Gasteiger charge is -2.13. The molecule has 0 bridgehead atoms. The topological polar surface area (TPSA) is 51.8 Å². The number of hydrogen-bond donors (Lipinski definition) is 0. The van der Waals surface area contributed by atoms with Crippen LogP contribution in [0, 0.1) is 0 Å². The van der Waals surface area contributed by atoms with E-state index in [0.29, 0.717) is 17.5 Å². The summed E-state index contributed by atoms with van der Waals surface area (Å²) in [6.07, 6.45) is 0. The van der Waals surface area contributed by atoms with Crippen molar-refractivity contribution >= 4 is 32.7 Å². The molecular weight excluding hydrogens is 647 g/mol. The Balaban J connectivity index is 1.03. The van der Waals surface area contributed by atoms with Gasteiger partial charge in [-0.05, 0) is 68.4 Å². The standard InChI is InChI=1S/C49H31N3O/c1-3-12-34(13-4-1)42-30-38-16-7-8-17-39(38)31-43(42)35-26-22-32(23-27-35)33-24-28-37(29-25-33)48-50-47(36-14-5-2-6-15-36)51-49(52-48)41-19-11-21-45-46(41)40-18-9-10-20-44(40)53-45/h1-31H. The second-order valence-electron chi connectivity index (χ2n) is 13.2. The highest BCUT2D eigenvalue weighted by molar-refractivity contribution is 6.11. The minimum Gasteiger partial charge on any atom is -0.456 e. The smallest absolute Gasteiger partial charge is 0.164 e. The van der Waals surface area contributed by atoms with Gasteiger partial charge in [0.15, 0.2) is 17.5 Å². The zero-order valence-corrected chi connectivity index (χ0v) is 28.6. The van der Waals surface area contributed by atoms with E-state index in [1.807, 2.05) is 60.7 Å². The molecule has 10 rings (SSSR count). The Morgan fingerprint density at radius 3 is 1.40 bits per heavy atom. The summed E-state index contributed by atoms with van der Waals surface area (Å²) in [5.74, 6) is 1.85. The maximum absolute atomic E-state index is 6.20. The predicted octanol–water partition coefficient (Wildman–Crippen LogP) is 12.9. The van der Waals surface area contributed by atoms with E-state index in [0.717, 1.165) is 49.8 Å². The molecule has 53 heavy (non-hydrogen) atoms. The van der Waals surface area contributed by atoms with Gasteiger partial charge in [0.25, 0.3) is 0 Å². The fourth-order valence-electron chi connectivity index (χ4n) is 7.29. The molecule has 0 spiro atoms. The van der Waals surface area contributed by atoms with Gasteiger partial charge in [0.05, 0.1) is 0 Å². The van der Waals surface area contributed by atoms with Crippen molar-refractivity contribution in [2.75, 3.05) is 0 Å². The highest BCUT2D eigenvalue weighted by Gasteiger charge is 2.18. The van der Waals surface area contributed by atoms with Crippen molar-refractivity contribution in [3.63, 3.8) is 0 Å². The van der Waals surface area contributed by atoms with Crippen LogP contribution < -0.4 is 0 Å². The van der Waals surface area contributed by atoms with Gasteiger partial charge in [0.1, 0.15) is 11.2 Å². The predicted molar refractivity (Wildman–Crippen MR) is 217 cm³/mol. The lowest BCUT2D eigenvalue weighted by atomic mass is 9.90. The van der Waals surface area contributed by atoms with Gasteiger partial charge in [-0.15, -0.1) is 0 Å². The Bertz CT molecular complexity index is 2910. The second kappa shape index (κ2) is 12.9. The van der Waals surface area contributed by atoms with Crippen LogP contribution in [0.3, 0.4) is 0 Å². The third kappa shape index (κ3) is 5.63. The van der Waals surface area contributed by atoms with Crippen molar-refractivity contribution in [3.05, 3.63) is 188 Å². The van der Waals surface area contributed by atoms with Gasteiger partial charge in [0, 0.05) is 27.5 Å². The van der Waals surface area contributed by atoms with E-state index in [4.69, 9.17) is 19.4 Å². The second-order valence-corrected chi connectivity index (χ2v) is 13.2. The minimum absolute atomic E-state index is 0.606. The first-order valence-electron chi connectivity index (χ1n) is 17.8. The van der Waals surface area contributed by atoms with E-state index in [1.165, 1.54) is 33.0 Å². The quantitative estimate of drug-likeness (QED) is 0.176. The molecule has 0 aliphatic carbocycles. The maximum atomic E-state index is 6.20. The minimum atomic E-state index is 0.606. The zero-order valence-electron chi connectivity index (χ0n) is 28.6. The molecular formula is C49H31N3O. The molecule has 0 N–H and O–H groups in total. The van der Waals surface area contributed by atoms with E-state index in [9.17, 15) is 0 Å². The number of aromatic nitrogens is 3. The van der Waals surface area contributed by atoms with Crippen LogP contribution in [0.5, 0.6) is 0 Å². The Morgan fingerprint density at radius 1 is 0.302 bits per heavy atom. The normalized spacial score (nSPS) is 11.4. The highest BCUT2D eigenvalue weighted by atomic mass is 16.3. The van der Waals surface area contributed by atoms with Crippen molar-refractivity contribution in [1.29, 1.82) is 0 Å². The molecule has 4 nitrogen and oxygen atoms in total. The van der Waals surface area contributed by atoms with Crippen LogP contribution in [0.2, 0.25) is 0 Å². The number of fused-ring (bicyclic) bond motifs is 4. The average Bonchev–Trinajstić information content (AvgIpc) is 3.63. The third-order valence-corrected chi connectivity index (χ3v) is 9.95. The third-order valence-electron chi connectivity index (χ3n) is 9.95. The van der Waals surface area contributed by atoms with Crippen LogP contribution in [0.15, 0.2) is 192 Å². The number of para-hydroxylation sites is 1. The van der Waals surface area contributed by atoms with Gasteiger partial charge >= 0.3 is 0 Å². The molecule has 2 aromatic heterocycles. The van der Waals surface area contributed by atoms with Gasteiger partial charge in [-0.2, -0.15) is 0 Å². The van der Waals surface area contributed by atoms with Crippen molar-refractivity contribution in [2.45, 2.75) is 0 Å². The lowest BCUT2D eigenvalue weighted by molar-refractivity contribution is 0.669. The molecule has 0 saturated heterocycles. The summed E-state index contributed by atoms with van der Waals surface area (Å²) in [6, 6.07) is 65.4. The zero-order chi connectivity index (χ0) is 35.1. The van der Waals surface area contributed by atoms with Crippen LogP contribution >= 0.6 is 0 Å². The van der Waals surface area contributed by atoms with Gasteiger partial charge in [-0.25, -0.2) is 15.0 Å². The molecule has 0 fully saturated rings. The summed E-state index contributed by atoms with van der Waals surface area (Å²) in [7, 11) is 0. The molecule has 8 aromatic carbocycles.